The molecule has 0 bridgehead atoms. The first-order valence-electron chi connectivity index (χ1n) is 7.47. The van der Waals surface area contributed by atoms with Crippen molar-refractivity contribution in [2.75, 3.05) is 5.32 Å². The third-order valence-corrected chi connectivity index (χ3v) is 4.30. The summed E-state index contributed by atoms with van der Waals surface area (Å²) in [6.45, 7) is 0. The maximum Gasteiger partial charge on any atom is 0.254 e. The molecule has 2 aliphatic rings. The number of fused-ring (bicyclic) bond motifs is 2. The maximum atomic E-state index is 12.2. The second kappa shape index (κ2) is 5.24. The van der Waals surface area contributed by atoms with E-state index in [4.69, 9.17) is 4.74 Å². The van der Waals surface area contributed by atoms with Gasteiger partial charge >= 0.3 is 0 Å². The van der Waals surface area contributed by atoms with Crippen LogP contribution < -0.4 is 15.4 Å². The highest BCUT2D eigenvalue weighted by atomic mass is 16.5. The van der Waals surface area contributed by atoms with Gasteiger partial charge in [-0.1, -0.05) is 0 Å². The Labute approximate surface area is 132 Å². The number of rotatable bonds is 2. The summed E-state index contributed by atoms with van der Waals surface area (Å²) < 4.78 is 7.46. The zero-order valence-electron chi connectivity index (χ0n) is 12.5. The van der Waals surface area contributed by atoms with Crippen LogP contribution in [0.15, 0.2) is 30.7 Å². The van der Waals surface area contributed by atoms with Crippen molar-refractivity contribution in [1.29, 1.82) is 0 Å². The van der Waals surface area contributed by atoms with Gasteiger partial charge in [-0.25, -0.2) is 4.98 Å². The van der Waals surface area contributed by atoms with Crippen LogP contribution in [0.1, 0.15) is 16.8 Å². The highest BCUT2D eigenvalue weighted by Gasteiger charge is 2.47. The summed E-state index contributed by atoms with van der Waals surface area (Å²) in [5.74, 6) is 1.03. The van der Waals surface area contributed by atoms with Gasteiger partial charge in [0.2, 0.25) is 0 Å². The van der Waals surface area contributed by atoms with E-state index >= 15 is 0 Å². The number of hydrogen-bond acceptors (Lipinski definition) is 6. The third kappa shape index (κ3) is 2.40. The Balaban J connectivity index is 1.48. The van der Waals surface area contributed by atoms with Crippen LogP contribution in [0.4, 0.5) is 5.82 Å². The molecule has 23 heavy (non-hydrogen) atoms. The summed E-state index contributed by atoms with van der Waals surface area (Å²) in [5, 5.41) is 20.5. The van der Waals surface area contributed by atoms with E-state index in [-0.39, 0.29) is 24.1 Å². The molecule has 1 saturated carbocycles. The van der Waals surface area contributed by atoms with Gasteiger partial charge in [0.15, 0.2) is 11.6 Å². The molecule has 0 unspecified atom stereocenters. The van der Waals surface area contributed by atoms with E-state index < -0.39 is 6.10 Å². The van der Waals surface area contributed by atoms with Crippen LogP contribution in [0.2, 0.25) is 0 Å². The summed E-state index contributed by atoms with van der Waals surface area (Å²) in [6, 6.07) is 2.95. The van der Waals surface area contributed by atoms with Crippen LogP contribution >= 0.6 is 0 Å². The maximum absolute atomic E-state index is 12.2. The minimum absolute atomic E-state index is 0.208. The Morgan fingerprint density at radius 2 is 2.43 bits per heavy atom. The molecule has 0 radical (unpaired) electrons. The number of anilines is 1. The van der Waals surface area contributed by atoms with E-state index in [1.54, 1.807) is 30.2 Å². The third-order valence-electron chi connectivity index (χ3n) is 4.30. The largest absolute Gasteiger partial charge is 0.484 e. The number of aromatic nitrogens is 3. The van der Waals surface area contributed by atoms with E-state index in [9.17, 15) is 9.90 Å². The van der Waals surface area contributed by atoms with Crippen molar-refractivity contribution in [2.45, 2.75) is 30.7 Å². The van der Waals surface area contributed by atoms with Crippen molar-refractivity contribution < 1.29 is 14.6 Å². The number of carbonyl (C=O) groups excluding carboxylic acids is 1. The molecule has 2 aromatic rings. The number of aryl methyl sites for hydroxylation is 1. The molecular formula is C15H17N5O3. The van der Waals surface area contributed by atoms with Crippen LogP contribution in [0.5, 0.6) is 5.75 Å². The number of ether oxygens (including phenoxy) is 1. The molecule has 1 amide bonds. The number of pyridine rings is 1. The van der Waals surface area contributed by atoms with Crippen molar-refractivity contribution in [3.05, 3.63) is 36.3 Å². The van der Waals surface area contributed by atoms with Gasteiger partial charge in [-0.3, -0.25) is 9.48 Å². The topological polar surface area (TPSA) is 101 Å². The molecule has 8 heteroatoms. The fraction of sp³-hybridized carbons (Fsp3) is 0.400. The van der Waals surface area contributed by atoms with Crippen LogP contribution in [-0.2, 0) is 7.05 Å². The molecule has 4 rings (SSSR count). The van der Waals surface area contributed by atoms with Gasteiger partial charge in [0.25, 0.3) is 5.91 Å². The molecule has 120 valence electrons. The highest BCUT2D eigenvalue weighted by Crippen LogP contribution is 2.36. The second-order valence-electron chi connectivity index (χ2n) is 5.89. The van der Waals surface area contributed by atoms with Crippen LogP contribution in [-0.4, -0.2) is 50.1 Å². The molecule has 0 spiro atoms. The number of aliphatic hydroxyl groups excluding tert-OH is 1. The summed E-state index contributed by atoms with van der Waals surface area (Å²) in [6.07, 6.45) is 4.37. The highest BCUT2D eigenvalue weighted by molar-refractivity contribution is 5.94. The van der Waals surface area contributed by atoms with E-state index in [0.717, 1.165) is 0 Å². The average molecular weight is 315 g/mol. The van der Waals surface area contributed by atoms with Crippen molar-refractivity contribution in [1.82, 2.24) is 20.1 Å². The molecule has 1 aliphatic heterocycles. The molecule has 3 heterocycles. The van der Waals surface area contributed by atoms with Gasteiger partial charge in [0, 0.05) is 25.9 Å². The molecular weight excluding hydrogens is 298 g/mol. The minimum Gasteiger partial charge on any atom is -0.484 e. The lowest BCUT2D eigenvalue weighted by molar-refractivity contribution is 0.0852. The Bertz CT molecular complexity index is 746. The number of amides is 1. The van der Waals surface area contributed by atoms with Gasteiger partial charge in [-0.2, -0.15) is 5.10 Å². The summed E-state index contributed by atoms with van der Waals surface area (Å²) in [7, 11) is 1.75. The zero-order chi connectivity index (χ0) is 16.0. The summed E-state index contributed by atoms with van der Waals surface area (Å²) in [5.41, 5.74) is 0.466. The van der Waals surface area contributed by atoms with E-state index in [1.807, 2.05) is 6.07 Å². The number of hydrogen-bond donors (Lipinski definition) is 3. The van der Waals surface area contributed by atoms with E-state index in [2.05, 4.69) is 20.7 Å². The van der Waals surface area contributed by atoms with E-state index in [1.165, 1.54) is 6.20 Å². The number of nitrogens with one attached hydrogen (secondary N) is 2. The van der Waals surface area contributed by atoms with Gasteiger partial charge in [0.1, 0.15) is 6.10 Å². The Hall–Kier alpha value is -2.61. The monoisotopic (exact) mass is 315 g/mol. The number of carbonyl (C=O) groups is 1. The molecule has 2 aromatic heterocycles. The van der Waals surface area contributed by atoms with E-state index in [0.29, 0.717) is 23.6 Å². The fourth-order valence-corrected chi connectivity index (χ4v) is 3.16. The zero-order valence-corrected chi connectivity index (χ0v) is 12.5. The smallest absolute Gasteiger partial charge is 0.254 e. The lowest BCUT2D eigenvalue weighted by Gasteiger charge is -2.30. The standard InChI is InChI=1S/C15H17N5O3/c1-20-7-8(6-17-20)15(22)18-9-5-11-12(13(9)21)19-14-10(23-11)3-2-4-16-14/h2-4,6-7,9,11-13,21H,5H2,1H3,(H,16,19)(H,18,22)/t9-,11-,12-,13-/m1/s1. The predicted octanol–water partition coefficient (Wildman–Crippen LogP) is -0.0802. The molecule has 1 aliphatic carbocycles. The van der Waals surface area contributed by atoms with Crippen LogP contribution in [0, 0.1) is 0 Å². The van der Waals surface area contributed by atoms with Crippen LogP contribution in [0.25, 0.3) is 0 Å². The fourth-order valence-electron chi connectivity index (χ4n) is 3.16. The number of aliphatic hydroxyl groups is 1. The van der Waals surface area contributed by atoms with Gasteiger partial charge < -0.3 is 20.5 Å². The lowest BCUT2D eigenvalue weighted by atomic mass is 10.1. The van der Waals surface area contributed by atoms with Crippen molar-refractivity contribution in [2.24, 2.45) is 7.05 Å². The first-order chi connectivity index (χ1) is 11.1. The molecule has 0 aromatic carbocycles. The van der Waals surface area contributed by atoms with Gasteiger partial charge in [0.05, 0.1) is 29.9 Å². The second-order valence-corrected chi connectivity index (χ2v) is 5.89. The average Bonchev–Trinajstić information content (AvgIpc) is 3.10. The quantitative estimate of drug-likeness (QED) is 0.716. The minimum atomic E-state index is -0.754. The molecule has 1 fully saturated rings. The Kier molecular flexibility index (Phi) is 3.19. The molecule has 0 saturated heterocycles. The normalized spacial score (nSPS) is 28.3. The lowest BCUT2D eigenvalue weighted by Crippen LogP contribution is -2.47. The van der Waals surface area contributed by atoms with Crippen LogP contribution in [0.3, 0.4) is 0 Å². The van der Waals surface area contributed by atoms with Crippen molar-refractivity contribution >= 4 is 11.7 Å². The molecule has 4 atom stereocenters. The van der Waals surface area contributed by atoms with Crippen molar-refractivity contribution in [3.8, 4) is 5.75 Å². The first-order valence-corrected chi connectivity index (χ1v) is 7.47. The SMILES string of the molecule is Cn1cc(C(=O)N[C@@H]2C[C@H]3Oc4cccnc4N[C@H]3[C@@H]2O)cn1. The van der Waals surface area contributed by atoms with Gasteiger partial charge in [-0.15, -0.1) is 0 Å². The molecule has 3 N–H and O–H groups in total. The summed E-state index contributed by atoms with van der Waals surface area (Å²) in [4.78, 5) is 16.4. The van der Waals surface area contributed by atoms with Crippen molar-refractivity contribution in [3.63, 3.8) is 0 Å². The predicted molar refractivity (Wildman–Crippen MR) is 81.1 cm³/mol. The molecule has 8 nitrogen and oxygen atoms in total. The van der Waals surface area contributed by atoms with Gasteiger partial charge in [-0.05, 0) is 12.1 Å². The Morgan fingerprint density at radius 3 is 3.22 bits per heavy atom. The first kappa shape index (κ1) is 14.0. The Morgan fingerprint density at radius 1 is 1.57 bits per heavy atom. The summed E-state index contributed by atoms with van der Waals surface area (Å²) >= 11 is 0. The number of nitrogens with zero attached hydrogens (tertiary/aromatic N) is 3.